The van der Waals surface area contributed by atoms with E-state index < -0.39 is 11.9 Å². The Morgan fingerprint density at radius 1 is 1.10 bits per heavy atom. The quantitative estimate of drug-likeness (QED) is 0.735. The SMILES string of the molecule is CCCC(CC)CCOC(=O)c1ccc(C(=O)O)cc1. The third-order valence-corrected chi connectivity index (χ3v) is 3.40. The van der Waals surface area contributed by atoms with Crippen molar-refractivity contribution in [2.24, 2.45) is 5.92 Å². The van der Waals surface area contributed by atoms with Crippen molar-refractivity contribution in [3.05, 3.63) is 35.4 Å². The van der Waals surface area contributed by atoms with Crippen molar-refractivity contribution in [2.75, 3.05) is 6.61 Å². The third kappa shape index (κ3) is 5.03. The predicted molar refractivity (Wildman–Crippen MR) is 77.0 cm³/mol. The van der Waals surface area contributed by atoms with Gasteiger partial charge in [-0.25, -0.2) is 9.59 Å². The molecule has 20 heavy (non-hydrogen) atoms. The van der Waals surface area contributed by atoms with Gasteiger partial charge in [-0.05, 0) is 36.6 Å². The fourth-order valence-electron chi connectivity index (χ4n) is 2.11. The molecule has 0 aliphatic carbocycles. The summed E-state index contributed by atoms with van der Waals surface area (Å²) >= 11 is 0. The van der Waals surface area contributed by atoms with E-state index >= 15 is 0 Å². The van der Waals surface area contributed by atoms with Gasteiger partial charge < -0.3 is 9.84 Å². The normalized spacial score (nSPS) is 11.9. The number of hydrogen-bond acceptors (Lipinski definition) is 3. The number of carbonyl (C=O) groups is 2. The van der Waals surface area contributed by atoms with E-state index in [2.05, 4.69) is 13.8 Å². The van der Waals surface area contributed by atoms with Crippen molar-refractivity contribution in [1.82, 2.24) is 0 Å². The van der Waals surface area contributed by atoms with Crippen LogP contribution in [0, 0.1) is 5.92 Å². The summed E-state index contributed by atoms with van der Waals surface area (Å²) in [6, 6.07) is 5.78. The first-order valence-corrected chi connectivity index (χ1v) is 7.08. The highest BCUT2D eigenvalue weighted by atomic mass is 16.5. The second-order valence-corrected chi connectivity index (χ2v) is 4.87. The number of carboxylic acids is 1. The molecule has 0 fully saturated rings. The van der Waals surface area contributed by atoms with E-state index in [9.17, 15) is 9.59 Å². The van der Waals surface area contributed by atoms with Crippen LogP contribution in [0.2, 0.25) is 0 Å². The molecule has 0 heterocycles. The van der Waals surface area contributed by atoms with Crippen LogP contribution in [-0.2, 0) is 4.74 Å². The molecule has 0 aromatic heterocycles. The summed E-state index contributed by atoms with van der Waals surface area (Å²) in [4.78, 5) is 22.5. The molecule has 1 atom stereocenters. The van der Waals surface area contributed by atoms with Crippen molar-refractivity contribution in [2.45, 2.75) is 39.5 Å². The fraction of sp³-hybridized carbons (Fsp3) is 0.500. The van der Waals surface area contributed by atoms with Crippen LogP contribution in [0.3, 0.4) is 0 Å². The molecule has 0 amide bonds. The number of hydrogen-bond donors (Lipinski definition) is 1. The Hall–Kier alpha value is -1.84. The zero-order valence-electron chi connectivity index (χ0n) is 12.1. The molecule has 0 radical (unpaired) electrons. The number of esters is 1. The number of rotatable bonds is 8. The lowest BCUT2D eigenvalue weighted by Crippen LogP contribution is -2.10. The molecule has 0 saturated heterocycles. The van der Waals surface area contributed by atoms with Crippen molar-refractivity contribution < 1.29 is 19.4 Å². The van der Waals surface area contributed by atoms with E-state index in [1.54, 1.807) is 0 Å². The molecular weight excluding hydrogens is 256 g/mol. The first-order valence-electron chi connectivity index (χ1n) is 7.08. The highest BCUT2D eigenvalue weighted by molar-refractivity contribution is 5.92. The molecule has 0 spiro atoms. The fourth-order valence-corrected chi connectivity index (χ4v) is 2.11. The van der Waals surface area contributed by atoms with Gasteiger partial charge >= 0.3 is 11.9 Å². The molecule has 0 aliphatic rings. The van der Waals surface area contributed by atoms with Gasteiger partial charge in [0, 0.05) is 0 Å². The van der Waals surface area contributed by atoms with Crippen LogP contribution in [0.1, 0.15) is 60.2 Å². The molecule has 0 aliphatic heterocycles. The zero-order chi connectivity index (χ0) is 15.0. The molecule has 4 nitrogen and oxygen atoms in total. The Morgan fingerprint density at radius 3 is 2.20 bits per heavy atom. The van der Waals surface area contributed by atoms with E-state index in [4.69, 9.17) is 9.84 Å². The lowest BCUT2D eigenvalue weighted by atomic mass is 9.98. The topological polar surface area (TPSA) is 63.6 Å². The minimum Gasteiger partial charge on any atom is -0.478 e. The molecular formula is C16H22O4. The maximum absolute atomic E-state index is 11.8. The number of benzene rings is 1. The first-order chi connectivity index (χ1) is 9.58. The van der Waals surface area contributed by atoms with Gasteiger partial charge in [0.1, 0.15) is 0 Å². The minimum atomic E-state index is -1.00. The summed E-state index contributed by atoms with van der Waals surface area (Å²) in [5.41, 5.74) is 0.550. The van der Waals surface area contributed by atoms with E-state index in [0.717, 1.165) is 25.7 Å². The molecule has 1 rings (SSSR count). The highest BCUT2D eigenvalue weighted by Gasteiger charge is 2.10. The van der Waals surface area contributed by atoms with Crippen LogP contribution >= 0.6 is 0 Å². The molecule has 110 valence electrons. The van der Waals surface area contributed by atoms with Crippen LogP contribution in [-0.4, -0.2) is 23.7 Å². The lowest BCUT2D eigenvalue weighted by molar-refractivity contribution is 0.0479. The van der Waals surface area contributed by atoms with Crippen LogP contribution in [0.15, 0.2) is 24.3 Å². The van der Waals surface area contributed by atoms with Crippen molar-refractivity contribution in [1.29, 1.82) is 0 Å². The lowest BCUT2D eigenvalue weighted by Gasteiger charge is -2.13. The Labute approximate surface area is 119 Å². The smallest absolute Gasteiger partial charge is 0.338 e. The zero-order valence-corrected chi connectivity index (χ0v) is 12.1. The van der Waals surface area contributed by atoms with Gasteiger partial charge in [-0.15, -0.1) is 0 Å². The van der Waals surface area contributed by atoms with Gasteiger partial charge in [0.25, 0.3) is 0 Å². The second-order valence-electron chi connectivity index (χ2n) is 4.87. The summed E-state index contributed by atoms with van der Waals surface area (Å²) in [5, 5.41) is 8.78. The van der Waals surface area contributed by atoms with Gasteiger partial charge in [-0.2, -0.15) is 0 Å². The van der Waals surface area contributed by atoms with Gasteiger partial charge in [0.2, 0.25) is 0 Å². The van der Waals surface area contributed by atoms with Gasteiger partial charge in [-0.1, -0.05) is 33.1 Å². The van der Waals surface area contributed by atoms with Crippen LogP contribution in [0.4, 0.5) is 0 Å². The minimum absolute atomic E-state index is 0.163. The van der Waals surface area contributed by atoms with E-state index in [1.165, 1.54) is 24.3 Å². The molecule has 1 aromatic rings. The molecule has 0 saturated carbocycles. The van der Waals surface area contributed by atoms with Gasteiger partial charge in [0.15, 0.2) is 0 Å². The molecule has 1 unspecified atom stereocenters. The van der Waals surface area contributed by atoms with E-state index in [0.29, 0.717) is 18.1 Å². The van der Waals surface area contributed by atoms with Crippen LogP contribution in [0.5, 0.6) is 0 Å². The van der Waals surface area contributed by atoms with Gasteiger partial charge in [-0.3, -0.25) is 0 Å². The third-order valence-electron chi connectivity index (χ3n) is 3.40. The molecule has 4 heteroatoms. The average molecular weight is 278 g/mol. The van der Waals surface area contributed by atoms with E-state index in [1.807, 2.05) is 0 Å². The molecule has 1 N–H and O–H groups in total. The summed E-state index contributed by atoms with van der Waals surface area (Å²) in [6.45, 7) is 4.71. The highest BCUT2D eigenvalue weighted by Crippen LogP contribution is 2.15. The molecule has 1 aromatic carbocycles. The maximum Gasteiger partial charge on any atom is 0.338 e. The molecule has 0 bridgehead atoms. The van der Waals surface area contributed by atoms with Gasteiger partial charge in [0.05, 0.1) is 17.7 Å². The predicted octanol–water partition coefficient (Wildman–Crippen LogP) is 3.76. The summed E-state index contributed by atoms with van der Waals surface area (Å²) in [5.74, 6) is -0.800. The first kappa shape index (κ1) is 16.2. The summed E-state index contributed by atoms with van der Waals surface area (Å²) in [7, 11) is 0. The van der Waals surface area contributed by atoms with Crippen molar-refractivity contribution >= 4 is 11.9 Å². The Balaban J connectivity index is 2.44. The number of carboxylic acid groups (broad SMARTS) is 1. The summed E-state index contributed by atoms with van der Waals surface area (Å²) < 4.78 is 5.22. The maximum atomic E-state index is 11.8. The number of ether oxygens (including phenoxy) is 1. The summed E-state index contributed by atoms with van der Waals surface area (Å²) in [6.07, 6.45) is 4.27. The van der Waals surface area contributed by atoms with Crippen LogP contribution < -0.4 is 0 Å². The second kappa shape index (κ2) is 8.35. The van der Waals surface area contributed by atoms with Crippen molar-refractivity contribution in [3.63, 3.8) is 0 Å². The standard InChI is InChI=1S/C16H22O4/c1-3-5-12(4-2)10-11-20-16(19)14-8-6-13(7-9-14)15(17)18/h6-9,12H,3-5,10-11H2,1-2H3,(H,17,18). The Kier molecular flexibility index (Phi) is 6.77. The van der Waals surface area contributed by atoms with E-state index in [-0.39, 0.29) is 5.56 Å². The number of aromatic carboxylic acids is 1. The van der Waals surface area contributed by atoms with Crippen LogP contribution in [0.25, 0.3) is 0 Å². The largest absolute Gasteiger partial charge is 0.478 e. The Morgan fingerprint density at radius 2 is 1.70 bits per heavy atom. The average Bonchev–Trinajstić information content (AvgIpc) is 2.46. The Bertz CT molecular complexity index is 436. The van der Waals surface area contributed by atoms with Crippen molar-refractivity contribution in [3.8, 4) is 0 Å². The monoisotopic (exact) mass is 278 g/mol. The number of carbonyl (C=O) groups excluding carboxylic acids is 1.